The standard InChI is InChI=1S/C6H6ClNO2S.C4H9NO2/c1-2-10-5(9)4-3-11-6(7)8-4;1-4(2,3)7-5-6/h3H,2H2,1H3;1-3H3. The van der Waals surface area contributed by atoms with E-state index >= 15 is 0 Å². The largest absolute Gasteiger partial charge is 0.461 e. The molecule has 0 unspecified atom stereocenters. The zero-order valence-corrected chi connectivity index (χ0v) is 12.2. The third-order valence-electron chi connectivity index (χ3n) is 1.27. The molecule has 0 saturated heterocycles. The van der Waals surface area contributed by atoms with Crippen molar-refractivity contribution in [2.75, 3.05) is 6.61 Å². The number of ether oxygens (including phenoxy) is 1. The van der Waals surface area contributed by atoms with Crippen molar-refractivity contribution >= 4 is 28.9 Å². The lowest BCUT2D eigenvalue weighted by molar-refractivity contribution is -0.00230. The van der Waals surface area contributed by atoms with Crippen molar-refractivity contribution < 1.29 is 14.4 Å². The van der Waals surface area contributed by atoms with Gasteiger partial charge in [-0.3, -0.25) is 0 Å². The molecule has 18 heavy (non-hydrogen) atoms. The number of carbonyl (C=O) groups excluding carboxylic acids is 1. The van der Waals surface area contributed by atoms with Gasteiger partial charge in [-0.15, -0.1) is 16.2 Å². The first kappa shape index (κ1) is 16.8. The first-order chi connectivity index (χ1) is 8.30. The van der Waals surface area contributed by atoms with Crippen molar-refractivity contribution in [3.63, 3.8) is 0 Å². The molecule has 0 spiro atoms. The molecule has 0 radical (unpaired) electrons. The molecule has 8 heteroatoms. The fourth-order valence-corrected chi connectivity index (χ4v) is 1.40. The molecule has 0 aliphatic heterocycles. The molecule has 102 valence electrons. The van der Waals surface area contributed by atoms with Gasteiger partial charge in [-0.05, 0) is 27.7 Å². The number of hydrogen-bond donors (Lipinski definition) is 0. The number of rotatable bonds is 3. The summed E-state index contributed by atoms with van der Waals surface area (Å²) in [5.41, 5.74) is -0.149. The van der Waals surface area contributed by atoms with Crippen LogP contribution in [-0.2, 0) is 9.57 Å². The Kier molecular flexibility index (Phi) is 7.45. The maximum Gasteiger partial charge on any atom is 0.357 e. The number of nitrogens with zero attached hydrogens (tertiary/aromatic N) is 2. The Morgan fingerprint density at radius 2 is 2.17 bits per heavy atom. The molecule has 1 aromatic heterocycles. The van der Waals surface area contributed by atoms with Crippen LogP contribution in [0.2, 0.25) is 4.47 Å². The van der Waals surface area contributed by atoms with Crippen molar-refractivity contribution in [2.24, 2.45) is 5.34 Å². The third-order valence-corrected chi connectivity index (χ3v) is 2.25. The molecule has 0 N–H and O–H groups in total. The molecule has 1 heterocycles. The second-order valence-electron chi connectivity index (χ2n) is 3.98. The number of carbonyl (C=O) groups is 1. The van der Waals surface area contributed by atoms with Gasteiger partial charge in [-0.25, -0.2) is 9.78 Å². The van der Waals surface area contributed by atoms with Crippen molar-refractivity contribution in [1.29, 1.82) is 0 Å². The van der Waals surface area contributed by atoms with E-state index in [0.29, 0.717) is 11.1 Å². The number of hydrogen-bond acceptors (Lipinski definition) is 7. The summed E-state index contributed by atoms with van der Waals surface area (Å²) in [6.07, 6.45) is 0. The minimum Gasteiger partial charge on any atom is -0.461 e. The van der Waals surface area contributed by atoms with E-state index in [-0.39, 0.29) is 5.69 Å². The summed E-state index contributed by atoms with van der Waals surface area (Å²) in [4.78, 5) is 28.3. The topological polar surface area (TPSA) is 77.9 Å². The van der Waals surface area contributed by atoms with Gasteiger partial charge >= 0.3 is 5.97 Å². The van der Waals surface area contributed by atoms with Crippen LogP contribution in [0.5, 0.6) is 0 Å². The molecule has 1 rings (SSSR count). The van der Waals surface area contributed by atoms with Gasteiger partial charge in [0.05, 0.1) is 6.61 Å². The monoisotopic (exact) mass is 294 g/mol. The Morgan fingerprint density at radius 3 is 2.44 bits per heavy atom. The van der Waals surface area contributed by atoms with Gasteiger partial charge in [0.15, 0.2) is 15.5 Å². The van der Waals surface area contributed by atoms with Gasteiger partial charge in [-0.1, -0.05) is 11.6 Å². The molecular weight excluding hydrogens is 280 g/mol. The molecule has 0 aliphatic carbocycles. The fraction of sp³-hybridized carbons (Fsp3) is 0.600. The van der Waals surface area contributed by atoms with Gasteiger partial charge in [0.2, 0.25) is 0 Å². The van der Waals surface area contributed by atoms with Crippen molar-refractivity contribution in [1.82, 2.24) is 4.98 Å². The van der Waals surface area contributed by atoms with Gasteiger partial charge in [-0.2, -0.15) is 0 Å². The third kappa shape index (κ3) is 7.97. The van der Waals surface area contributed by atoms with Crippen LogP contribution in [0.25, 0.3) is 0 Å². The van der Waals surface area contributed by atoms with E-state index < -0.39 is 11.6 Å². The SMILES string of the molecule is CC(C)(C)ON=O.CCOC(=O)c1csc(Cl)n1. The van der Waals surface area contributed by atoms with E-state index in [9.17, 15) is 9.70 Å². The van der Waals surface area contributed by atoms with Crippen LogP contribution in [0.15, 0.2) is 10.7 Å². The van der Waals surface area contributed by atoms with Gasteiger partial charge < -0.3 is 9.57 Å². The maximum absolute atomic E-state index is 10.9. The lowest BCUT2D eigenvalue weighted by atomic mass is 10.2. The van der Waals surface area contributed by atoms with E-state index in [1.54, 1.807) is 33.1 Å². The molecule has 6 nitrogen and oxygen atoms in total. The number of thiazole rings is 1. The predicted molar refractivity (Wildman–Crippen MR) is 69.7 cm³/mol. The average molecular weight is 295 g/mol. The predicted octanol–water partition coefficient (Wildman–Crippen LogP) is 3.46. The van der Waals surface area contributed by atoms with Crippen molar-refractivity contribution in [2.45, 2.75) is 33.3 Å². The zero-order chi connectivity index (χ0) is 14.2. The first-order valence-electron chi connectivity index (χ1n) is 5.09. The van der Waals surface area contributed by atoms with Crippen LogP contribution in [0.4, 0.5) is 0 Å². The number of esters is 1. The highest BCUT2D eigenvalue weighted by atomic mass is 35.5. The Morgan fingerprint density at radius 1 is 1.56 bits per heavy atom. The fourth-order valence-electron chi connectivity index (χ4n) is 0.662. The molecule has 0 aromatic carbocycles. The first-order valence-corrected chi connectivity index (χ1v) is 6.35. The molecule has 0 amide bonds. The van der Waals surface area contributed by atoms with Crippen LogP contribution in [0, 0.1) is 4.91 Å². The second-order valence-corrected chi connectivity index (χ2v) is 5.42. The highest BCUT2D eigenvalue weighted by Gasteiger charge is 2.10. The molecule has 0 aliphatic rings. The summed E-state index contributed by atoms with van der Waals surface area (Å²) in [6, 6.07) is 0. The van der Waals surface area contributed by atoms with Gasteiger partial charge in [0.25, 0.3) is 0 Å². The molecule has 0 bridgehead atoms. The van der Waals surface area contributed by atoms with E-state index in [2.05, 4.69) is 19.9 Å². The van der Waals surface area contributed by atoms with E-state index in [0.717, 1.165) is 0 Å². The highest BCUT2D eigenvalue weighted by Crippen LogP contribution is 2.15. The number of aromatic nitrogens is 1. The van der Waals surface area contributed by atoms with Crippen LogP contribution >= 0.6 is 22.9 Å². The Bertz CT molecular complexity index is 389. The Hall–Kier alpha value is -1.21. The Labute approximate surface area is 114 Å². The summed E-state index contributed by atoms with van der Waals surface area (Å²) in [5, 5.41) is 3.83. The van der Waals surface area contributed by atoms with E-state index in [1.807, 2.05) is 0 Å². The minimum atomic E-state index is -0.429. The van der Waals surface area contributed by atoms with Crippen LogP contribution in [0.1, 0.15) is 38.2 Å². The summed E-state index contributed by atoms with van der Waals surface area (Å²) >= 11 is 6.72. The second kappa shape index (κ2) is 7.99. The van der Waals surface area contributed by atoms with E-state index in [1.165, 1.54) is 11.3 Å². The summed E-state index contributed by atoms with van der Waals surface area (Å²) in [5.74, 6) is -0.421. The summed E-state index contributed by atoms with van der Waals surface area (Å²) in [6.45, 7) is 7.37. The smallest absolute Gasteiger partial charge is 0.357 e. The lowest BCUT2D eigenvalue weighted by Gasteiger charge is -2.11. The molecule has 0 saturated carbocycles. The summed E-state index contributed by atoms with van der Waals surface area (Å²) in [7, 11) is 0. The number of halogens is 1. The maximum atomic E-state index is 10.9. The highest BCUT2D eigenvalue weighted by molar-refractivity contribution is 7.14. The van der Waals surface area contributed by atoms with Crippen molar-refractivity contribution in [3.05, 3.63) is 20.4 Å². The van der Waals surface area contributed by atoms with E-state index in [4.69, 9.17) is 11.6 Å². The molecule has 0 atom stereocenters. The summed E-state index contributed by atoms with van der Waals surface area (Å²) < 4.78 is 5.04. The molecule has 1 aromatic rings. The van der Waals surface area contributed by atoms with Crippen LogP contribution < -0.4 is 0 Å². The Balaban J connectivity index is 0.000000360. The molecule has 0 fully saturated rings. The minimum absolute atomic E-state index is 0.279. The van der Waals surface area contributed by atoms with Gasteiger partial charge in [0, 0.05) is 5.38 Å². The van der Waals surface area contributed by atoms with Crippen molar-refractivity contribution in [3.8, 4) is 0 Å². The quantitative estimate of drug-likeness (QED) is 0.484. The molecular formula is C10H15ClN2O4S. The normalized spacial score (nSPS) is 10.1. The average Bonchev–Trinajstić information content (AvgIpc) is 2.64. The van der Waals surface area contributed by atoms with Gasteiger partial charge in [0.1, 0.15) is 5.60 Å². The van der Waals surface area contributed by atoms with Crippen LogP contribution in [-0.4, -0.2) is 23.2 Å². The zero-order valence-electron chi connectivity index (χ0n) is 10.6. The lowest BCUT2D eigenvalue weighted by Crippen LogP contribution is -2.14. The van der Waals surface area contributed by atoms with Crippen LogP contribution in [0.3, 0.4) is 0 Å².